The van der Waals surface area contributed by atoms with Crippen LogP contribution in [0.5, 0.6) is 5.75 Å². The summed E-state index contributed by atoms with van der Waals surface area (Å²) in [6.45, 7) is 5.89. The molecule has 2 aromatic carbocycles. The average molecular weight is 520 g/mol. The molecule has 200 valence electrons. The number of nitrogens with two attached hydrogens (primary N) is 1. The van der Waals surface area contributed by atoms with E-state index in [-0.39, 0.29) is 11.8 Å². The first-order chi connectivity index (χ1) is 18.5. The highest BCUT2D eigenvalue weighted by molar-refractivity contribution is 5.99. The maximum absolute atomic E-state index is 12.7. The van der Waals surface area contributed by atoms with Crippen molar-refractivity contribution in [1.82, 2.24) is 20.0 Å². The fourth-order valence-electron chi connectivity index (χ4n) is 4.84. The van der Waals surface area contributed by atoms with Crippen LogP contribution < -0.4 is 16.0 Å². The molecule has 0 saturated carbocycles. The third-order valence-electron chi connectivity index (χ3n) is 7.00. The molecule has 2 aliphatic rings. The lowest BCUT2D eigenvalue weighted by molar-refractivity contribution is 0.0428. The lowest BCUT2D eigenvalue weighted by atomic mass is 10.1. The molecular formula is C27H33N7O4. The van der Waals surface area contributed by atoms with E-state index in [0.29, 0.717) is 69.4 Å². The minimum atomic E-state index is -0.553. The molecule has 11 nitrogen and oxygen atoms in total. The minimum Gasteiger partial charge on any atom is -0.508 e. The Hall–Kier alpha value is -4.25. The monoisotopic (exact) mass is 519 g/mol. The van der Waals surface area contributed by atoms with Gasteiger partial charge in [-0.1, -0.05) is 24.3 Å². The van der Waals surface area contributed by atoms with Gasteiger partial charge in [0.1, 0.15) is 11.3 Å². The van der Waals surface area contributed by atoms with Crippen LogP contribution in [-0.4, -0.2) is 89.5 Å². The van der Waals surface area contributed by atoms with Gasteiger partial charge in [0.25, 0.3) is 5.91 Å². The van der Waals surface area contributed by atoms with Gasteiger partial charge >= 0.3 is 6.03 Å². The van der Waals surface area contributed by atoms with Crippen molar-refractivity contribution in [2.45, 2.75) is 13.0 Å². The number of benzene rings is 2. The molecule has 38 heavy (non-hydrogen) atoms. The van der Waals surface area contributed by atoms with Crippen molar-refractivity contribution in [2.75, 3.05) is 62.7 Å². The fourth-order valence-corrected chi connectivity index (χ4v) is 4.84. The Labute approximate surface area is 221 Å². The van der Waals surface area contributed by atoms with Gasteiger partial charge in [-0.25, -0.2) is 4.79 Å². The first-order valence-corrected chi connectivity index (χ1v) is 12.8. The van der Waals surface area contributed by atoms with E-state index in [9.17, 15) is 14.7 Å². The van der Waals surface area contributed by atoms with Crippen LogP contribution in [0.1, 0.15) is 27.2 Å². The fraction of sp³-hybridized carbons (Fsp3) is 0.370. The van der Waals surface area contributed by atoms with Crippen molar-refractivity contribution < 1.29 is 19.4 Å². The third-order valence-corrected chi connectivity index (χ3v) is 7.00. The van der Waals surface area contributed by atoms with Crippen LogP contribution in [0.15, 0.2) is 48.5 Å². The number of carbonyl (C=O) groups is 2. The summed E-state index contributed by atoms with van der Waals surface area (Å²) < 4.78 is 5.35. The van der Waals surface area contributed by atoms with E-state index in [1.807, 2.05) is 21.9 Å². The summed E-state index contributed by atoms with van der Waals surface area (Å²) in [4.78, 5) is 31.0. The Morgan fingerprint density at radius 2 is 1.55 bits per heavy atom. The van der Waals surface area contributed by atoms with Gasteiger partial charge in [-0.05, 0) is 35.4 Å². The Bertz CT molecular complexity index is 1250. The molecule has 0 spiro atoms. The lowest BCUT2D eigenvalue weighted by Gasteiger charge is -2.39. The average Bonchev–Trinajstić information content (AvgIpc) is 3.36. The van der Waals surface area contributed by atoms with Crippen LogP contribution >= 0.6 is 0 Å². The number of primary amides is 1. The van der Waals surface area contributed by atoms with E-state index < -0.39 is 5.91 Å². The molecule has 3 aromatic rings. The number of phenolic OH excluding ortho intramolecular Hbond substituents is 1. The molecule has 2 fully saturated rings. The number of nitrogens with one attached hydrogen (secondary N) is 2. The van der Waals surface area contributed by atoms with E-state index in [1.165, 1.54) is 0 Å². The second-order valence-electron chi connectivity index (χ2n) is 9.51. The number of rotatable bonds is 7. The second-order valence-corrected chi connectivity index (χ2v) is 9.51. The van der Waals surface area contributed by atoms with Crippen molar-refractivity contribution in [3.8, 4) is 5.75 Å². The summed E-state index contributed by atoms with van der Waals surface area (Å²) in [6, 6.07) is 15.1. The van der Waals surface area contributed by atoms with Gasteiger partial charge in [0.15, 0.2) is 5.82 Å². The van der Waals surface area contributed by atoms with E-state index >= 15 is 0 Å². The number of carbonyl (C=O) groups excluding carboxylic acids is 2. The topological polar surface area (TPSA) is 140 Å². The zero-order valence-electron chi connectivity index (χ0n) is 21.2. The molecule has 1 aromatic heterocycles. The maximum atomic E-state index is 12.7. The molecule has 5 N–H and O–H groups in total. The number of phenols is 1. The molecule has 0 radical (unpaired) electrons. The largest absolute Gasteiger partial charge is 0.508 e. The molecule has 3 amide bonds. The number of anilines is 2. The molecule has 2 aliphatic heterocycles. The molecule has 0 atom stereocenters. The number of aromatic nitrogens is 2. The first-order valence-electron chi connectivity index (χ1n) is 12.8. The highest BCUT2D eigenvalue weighted by Gasteiger charge is 2.26. The minimum absolute atomic E-state index is 0.102. The van der Waals surface area contributed by atoms with Crippen LogP contribution in [-0.2, 0) is 17.7 Å². The summed E-state index contributed by atoms with van der Waals surface area (Å²) in [5, 5.41) is 19.8. The molecular weight excluding hydrogens is 486 g/mol. The number of piperazine rings is 1. The van der Waals surface area contributed by atoms with Gasteiger partial charge in [-0.3, -0.25) is 9.89 Å². The van der Waals surface area contributed by atoms with Crippen molar-refractivity contribution in [1.29, 1.82) is 0 Å². The molecule has 2 saturated heterocycles. The molecule has 3 heterocycles. The van der Waals surface area contributed by atoms with Gasteiger partial charge < -0.3 is 35.6 Å². The number of hydrogen-bond donors (Lipinski definition) is 4. The smallest absolute Gasteiger partial charge is 0.320 e. The second kappa shape index (κ2) is 11.4. The van der Waals surface area contributed by atoms with Gasteiger partial charge in [0.2, 0.25) is 0 Å². The predicted molar refractivity (Wildman–Crippen MR) is 143 cm³/mol. The molecule has 5 rings (SSSR count). The van der Waals surface area contributed by atoms with E-state index in [0.717, 1.165) is 29.9 Å². The van der Waals surface area contributed by atoms with Crippen LogP contribution in [0.4, 0.5) is 16.3 Å². The summed E-state index contributed by atoms with van der Waals surface area (Å²) >= 11 is 0. The van der Waals surface area contributed by atoms with Crippen LogP contribution in [0.25, 0.3) is 0 Å². The summed E-state index contributed by atoms with van der Waals surface area (Å²) in [6.07, 6.45) is 0.480. The Kier molecular flexibility index (Phi) is 7.64. The standard InChI is InChI=1S/C27H33N7O4/c28-25(36)24-23(30-31-26(24)29-18-20-3-7-22(35)8-4-20)17-19-1-5-21(6-2-19)32-9-11-33(12-10-32)27(37)34-13-15-38-16-14-34/h1-8,35H,9-18H2,(H2,28,36)(H2,29,30,31). The lowest BCUT2D eigenvalue weighted by Crippen LogP contribution is -2.54. The zero-order chi connectivity index (χ0) is 26.5. The molecule has 0 aliphatic carbocycles. The van der Waals surface area contributed by atoms with Crippen LogP contribution in [0.2, 0.25) is 0 Å². The number of hydrogen-bond acceptors (Lipinski definition) is 7. The molecule has 0 unspecified atom stereocenters. The van der Waals surface area contributed by atoms with E-state index in [2.05, 4.69) is 32.5 Å². The highest BCUT2D eigenvalue weighted by atomic mass is 16.5. The molecule has 11 heteroatoms. The summed E-state index contributed by atoms with van der Waals surface area (Å²) in [5.74, 6) is 0.0468. The van der Waals surface area contributed by atoms with Crippen molar-refractivity contribution in [3.05, 3.63) is 70.9 Å². The maximum Gasteiger partial charge on any atom is 0.320 e. The Morgan fingerprint density at radius 1 is 0.921 bits per heavy atom. The van der Waals surface area contributed by atoms with Gasteiger partial charge in [-0.2, -0.15) is 5.10 Å². The molecule has 0 bridgehead atoms. The van der Waals surface area contributed by atoms with Gasteiger partial charge in [0, 0.05) is 57.9 Å². The first kappa shape index (κ1) is 25.4. The Balaban J connectivity index is 1.18. The van der Waals surface area contributed by atoms with Crippen molar-refractivity contribution in [2.24, 2.45) is 5.73 Å². The quantitative estimate of drug-likeness (QED) is 0.374. The van der Waals surface area contributed by atoms with Gasteiger partial charge in [-0.15, -0.1) is 0 Å². The normalized spacial score (nSPS) is 15.9. The number of morpholine rings is 1. The number of amides is 3. The van der Waals surface area contributed by atoms with Crippen molar-refractivity contribution in [3.63, 3.8) is 0 Å². The predicted octanol–water partition coefficient (Wildman–Crippen LogP) is 1.99. The number of aromatic amines is 1. The highest BCUT2D eigenvalue weighted by Crippen LogP contribution is 2.23. The zero-order valence-corrected chi connectivity index (χ0v) is 21.2. The van der Waals surface area contributed by atoms with E-state index in [1.54, 1.807) is 24.3 Å². The number of nitrogens with zero attached hydrogens (tertiary/aromatic N) is 4. The summed E-state index contributed by atoms with van der Waals surface area (Å²) in [5.41, 5.74) is 9.73. The third kappa shape index (κ3) is 5.83. The number of urea groups is 1. The number of aromatic hydroxyl groups is 1. The van der Waals surface area contributed by atoms with Gasteiger partial charge in [0.05, 0.1) is 18.9 Å². The van der Waals surface area contributed by atoms with Crippen LogP contribution in [0, 0.1) is 0 Å². The Morgan fingerprint density at radius 3 is 2.21 bits per heavy atom. The number of ether oxygens (including phenoxy) is 1. The van der Waals surface area contributed by atoms with Crippen LogP contribution in [0.3, 0.4) is 0 Å². The SMILES string of the molecule is NC(=O)c1c(NCc2ccc(O)cc2)n[nH]c1Cc1ccc(N2CCN(C(=O)N3CCOCC3)CC2)cc1. The number of H-pyrrole nitrogens is 1. The van der Waals surface area contributed by atoms with Crippen molar-refractivity contribution >= 4 is 23.4 Å². The van der Waals surface area contributed by atoms with E-state index in [4.69, 9.17) is 10.5 Å². The summed E-state index contributed by atoms with van der Waals surface area (Å²) in [7, 11) is 0.